The molecule has 0 atom stereocenters. The van der Waals surface area contributed by atoms with Crippen molar-refractivity contribution in [3.63, 3.8) is 0 Å². The third kappa shape index (κ3) is 5.17. The third-order valence-electron chi connectivity index (χ3n) is 5.76. The van der Waals surface area contributed by atoms with Crippen LogP contribution in [0.2, 0.25) is 0 Å². The average Bonchev–Trinajstić information content (AvgIpc) is 3.23. The molecule has 3 heterocycles. The molecule has 192 valence electrons. The summed E-state index contributed by atoms with van der Waals surface area (Å²) < 4.78 is 29.2. The zero-order valence-corrected chi connectivity index (χ0v) is 22.0. The van der Waals surface area contributed by atoms with Gasteiger partial charge >= 0.3 is 0 Å². The number of benzene rings is 2. The van der Waals surface area contributed by atoms with Gasteiger partial charge in [0.2, 0.25) is 5.95 Å². The van der Waals surface area contributed by atoms with E-state index in [1.807, 2.05) is 30.3 Å². The van der Waals surface area contributed by atoms with Crippen molar-refractivity contribution in [2.75, 3.05) is 10.0 Å². The molecule has 10 nitrogen and oxygen atoms in total. The van der Waals surface area contributed by atoms with Gasteiger partial charge < -0.3 is 5.32 Å². The van der Waals surface area contributed by atoms with Gasteiger partial charge in [-0.1, -0.05) is 30.3 Å². The molecule has 0 fully saturated rings. The SMILES string of the molecule is Cc1ccnc(NS(=O)(=O)c2ccc(NC(=O)c3sc4ncn(Cc5ccccc5)c(=O)c4c3C)cc2)n1. The number of carbonyl (C=O) groups excluding carboxylic acids is 1. The van der Waals surface area contributed by atoms with Gasteiger partial charge in [-0.05, 0) is 55.3 Å². The second-order valence-electron chi connectivity index (χ2n) is 8.51. The van der Waals surface area contributed by atoms with Crippen LogP contribution in [0.15, 0.2) is 82.9 Å². The van der Waals surface area contributed by atoms with Crippen LogP contribution in [0.25, 0.3) is 10.2 Å². The molecule has 38 heavy (non-hydrogen) atoms. The Morgan fingerprint density at radius 2 is 1.74 bits per heavy atom. The topological polar surface area (TPSA) is 136 Å². The lowest BCUT2D eigenvalue weighted by Crippen LogP contribution is -2.21. The molecule has 0 saturated carbocycles. The number of amides is 1. The molecular weight excluding hydrogens is 524 g/mol. The van der Waals surface area contributed by atoms with E-state index in [1.54, 1.807) is 19.9 Å². The Kier molecular flexibility index (Phi) is 6.74. The predicted octanol–water partition coefficient (Wildman–Crippen LogP) is 3.97. The number of thiophene rings is 1. The van der Waals surface area contributed by atoms with Gasteiger partial charge in [-0.3, -0.25) is 14.2 Å². The zero-order chi connectivity index (χ0) is 26.9. The molecule has 0 aliphatic carbocycles. The Morgan fingerprint density at radius 1 is 1.00 bits per heavy atom. The number of anilines is 2. The number of aryl methyl sites for hydroxylation is 2. The van der Waals surface area contributed by atoms with Crippen LogP contribution in [0.5, 0.6) is 0 Å². The van der Waals surface area contributed by atoms with Crippen LogP contribution in [-0.2, 0) is 16.6 Å². The summed E-state index contributed by atoms with van der Waals surface area (Å²) in [5.41, 5.74) is 2.31. The van der Waals surface area contributed by atoms with Crippen molar-refractivity contribution in [1.82, 2.24) is 19.5 Å². The fourth-order valence-electron chi connectivity index (χ4n) is 3.85. The van der Waals surface area contributed by atoms with Crippen molar-refractivity contribution in [1.29, 1.82) is 0 Å². The van der Waals surface area contributed by atoms with E-state index in [1.165, 1.54) is 41.4 Å². The highest BCUT2D eigenvalue weighted by molar-refractivity contribution is 7.92. The molecule has 5 aromatic rings. The normalized spacial score (nSPS) is 11.4. The van der Waals surface area contributed by atoms with E-state index in [9.17, 15) is 18.0 Å². The minimum atomic E-state index is -3.91. The van der Waals surface area contributed by atoms with Crippen molar-refractivity contribution in [2.45, 2.75) is 25.3 Å². The summed E-state index contributed by atoms with van der Waals surface area (Å²) >= 11 is 1.13. The summed E-state index contributed by atoms with van der Waals surface area (Å²) in [5.74, 6) is -0.444. The van der Waals surface area contributed by atoms with Gasteiger partial charge in [0.05, 0.1) is 28.0 Å². The highest BCUT2D eigenvalue weighted by Crippen LogP contribution is 2.28. The highest BCUT2D eigenvalue weighted by Gasteiger charge is 2.21. The van der Waals surface area contributed by atoms with Crippen LogP contribution in [0.4, 0.5) is 11.6 Å². The lowest BCUT2D eigenvalue weighted by molar-refractivity contribution is 0.103. The van der Waals surface area contributed by atoms with Crippen molar-refractivity contribution in [3.8, 4) is 0 Å². The number of carbonyl (C=O) groups is 1. The van der Waals surface area contributed by atoms with Gasteiger partial charge in [0.15, 0.2) is 0 Å². The second-order valence-corrected chi connectivity index (χ2v) is 11.2. The first-order valence-corrected chi connectivity index (χ1v) is 13.8. The van der Waals surface area contributed by atoms with E-state index >= 15 is 0 Å². The van der Waals surface area contributed by atoms with Crippen LogP contribution in [0, 0.1) is 13.8 Å². The molecule has 2 N–H and O–H groups in total. The summed E-state index contributed by atoms with van der Waals surface area (Å²) in [5, 5.41) is 3.17. The average molecular weight is 547 g/mol. The van der Waals surface area contributed by atoms with Crippen molar-refractivity contribution in [2.24, 2.45) is 0 Å². The molecule has 0 bridgehead atoms. The number of hydrogen-bond acceptors (Lipinski definition) is 8. The minimum Gasteiger partial charge on any atom is -0.321 e. The van der Waals surface area contributed by atoms with E-state index in [0.29, 0.717) is 38.6 Å². The van der Waals surface area contributed by atoms with Crippen LogP contribution in [0.3, 0.4) is 0 Å². The van der Waals surface area contributed by atoms with Crippen LogP contribution in [0.1, 0.15) is 26.5 Å². The van der Waals surface area contributed by atoms with E-state index in [4.69, 9.17) is 0 Å². The Hall–Kier alpha value is -4.42. The zero-order valence-electron chi connectivity index (χ0n) is 20.4. The van der Waals surface area contributed by atoms with Gasteiger partial charge in [0, 0.05) is 17.6 Å². The first-order chi connectivity index (χ1) is 18.2. The van der Waals surface area contributed by atoms with Gasteiger partial charge in [-0.2, -0.15) is 0 Å². The molecule has 2 aromatic carbocycles. The first kappa shape index (κ1) is 25.2. The fraction of sp³-hybridized carbons (Fsp3) is 0.115. The van der Waals surface area contributed by atoms with Gasteiger partial charge in [-0.25, -0.2) is 28.1 Å². The lowest BCUT2D eigenvalue weighted by Gasteiger charge is -2.09. The van der Waals surface area contributed by atoms with E-state index in [-0.39, 0.29) is 16.4 Å². The number of nitrogens with one attached hydrogen (secondary N) is 2. The summed E-state index contributed by atoms with van der Waals surface area (Å²) in [6.45, 7) is 3.82. The lowest BCUT2D eigenvalue weighted by atomic mass is 10.2. The summed E-state index contributed by atoms with van der Waals surface area (Å²) in [6.07, 6.45) is 2.95. The summed E-state index contributed by atoms with van der Waals surface area (Å²) in [6, 6.07) is 16.9. The number of fused-ring (bicyclic) bond motifs is 1. The molecular formula is C26H22N6O4S2. The second kappa shape index (κ2) is 10.1. The molecule has 0 radical (unpaired) electrons. The summed E-state index contributed by atoms with van der Waals surface area (Å²) in [4.78, 5) is 39.4. The van der Waals surface area contributed by atoms with Crippen LogP contribution < -0.4 is 15.6 Å². The Bertz CT molecular complexity index is 1810. The molecule has 5 rings (SSSR count). The maximum absolute atomic E-state index is 13.2. The maximum atomic E-state index is 13.2. The number of aromatic nitrogens is 4. The van der Waals surface area contributed by atoms with Crippen molar-refractivity contribution in [3.05, 3.63) is 105 Å². The number of nitrogens with zero attached hydrogens (tertiary/aromatic N) is 4. The predicted molar refractivity (Wildman–Crippen MR) is 146 cm³/mol. The number of sulfonamides is 1. The molecule has 0 unspecified atom stereocenters. The largest absolute Gasteiger partial charge is 0.321 e. The Balaban J connectivity index is 1.35. The molecule has 12 heteroatoms. The standard InChI is InChI=1S/C26H22N6O4S2/c1-16-12-13-27-26(29-16)31-38(35,36)20-10-8-19(9-11-20)30-23(33)22-17(2)21-24(37-22)28-15-32(25(21)34)14-18-6-4-3-5-7-18/h3-13,15H,14H2,1-2H3,(H,30,33)(H,27,29,31). The van der Waals surface area contributed by atoms with Crippen LogP contribution in [-0.4, -0.2) is 33.8 Å². The smallest absolute Gasteiger partial charge is 0.266 e. The van der Waals surface area contributed by atoms with Gasteiger partial charge in [0.1, 0.15) is 4.83 Å². The first-order valence-electron chi connectivity index (χ1n) is 11.5. The molecule has 0 aliphatic rings. The summed E-state index contributed by atoms with van der Waals surface area (Å²) in [7, 11) is -3.91. The van der Waals surface area contributed by atoms with E-state index in [0.717, 1.165) is 16.9 Å². The highest BCUT2D eigenvalue weighted by atomic mass is 32.2. The molecule has 0 spiro atoms. The monoisotopic (exact) mass is 546 g/mol. The number of hydrogen-bond donors (Lipinski definition) is 2. The molecule has 1 amide bonds. The Morgan fingerprint density at radius 3 is 2.45 bits per heavy atom. The van der Waals surface area contributed by atoms with Gasteiger partial charge in [0.25, 0.3) is 21.5 Å². The van der Waals surface area contributed by atoms with Crippen molar-refractivity contribution >= 4 is 49.1 Å². The van der Waals surface area contributed by atoms with Crippen molar-refractivity contribution < 1.29 is 13.2 Å². The Labute approximate surface area is 222 Å². The number of rotatable bonds is 7. The van der Waals surface area contributed by atoms with E-state index in [2.05, 4.69) is 25.0 Å². The maximum Gasteiger partial charge on any atom is 0.266 e. The quantitative estimate of drug-likeness (QED) is 0.315. The van der Waals surface area contributed by atoms with Crippen LogP contribution >= 0.6 is 11.3 Å². The fourth-order valence-corrected chi connectivity index (χ4v) is 5.84. The molecule has 0 aliphatic heterocycles. The minimum absolute atomic E-state index is 0.0122. The third-order valence-corrected chi connectivity index (χ3v) is 8.30. The molecule has 3 aromatic heterocycles. The van der Waals surface area contributed by atoms with E-state index < -0.39 is 15.9 Å². The van der Waals surface area contributed by atoms with Gasteiger partial charge in [-0.15, -0.1) is 11.3 Å². The molecule has 0 saturated heterocycles.